The molecule has 0 aliphatic carbocycles. The summed E-state index contributed by atoms with van der Waals surface area (Å²) in [6.07, 6.45) is 0. The van der Waals surface area contributed by atoms with E-state index in [-0.39, 0.29) is 5.69 Å². The fourth-order valence-corrected chi connectivity index (χ4v) is 0.391. The molecule has 2 nitrogen and oxygen atoms in total. The molecule has 0 saturated carbocycles. The number of nitrogens with two attached hydrogens (primary N) is 1. The van der Waals surface area contributed by atoms with Gasteiger partial charge in [0.15, 0.2) is 0 Å². The predicted octanol–water partition coefficient (Wildman–Crippen LogP) is 1.28. The monoisotopic (exact) mass is 130 g/mol. The zero-order valence-corrected chi connectivity index (χ0v) is 4.49. The van der Waals surface area contributed by atoms with E-state index in [4.69, 9.17) is 15.3 Å². The average Bonchev–Trinajstić information content (AvgIpc) is 2.17. The summed E-state index contributed by atoms with van der Waals surface area (Å²) in [6.45, 7) is 0. The van der Waals surface area contributed by atoms with Crippen LogP contribution in [0.25, 0.3) is 0 Å². The first-order chi connectivity index (χ1) is 7.15. The van der Waals surface area contributed by atoms with Crippen molar-refractivity contribution in [3.05, 3.63) is 24.2 Å². The van der Waals surface area contributed by atoms with Crippen molar-refractivity contribution in [2.75, 3.05) is 12.8 Å². The standard InChI is InChI=1S/C7H9NO/c1-9-7-4-2-3-6(8)5-7/h2-5H,8H2,1H3/i1D3,2D,3D,4D,5D. The quantitative estimate of drug-likeness (QED) is 0.581. The van der Waals surface area contributed by atoms with Gasteiger partial charge in [0.2, 0.25) is 0 Å². The Balaban J connectivity index is 3.40. The first-order valence-corrected chi connectivity index (χ1v) is 2.20. The van der Waals surface area contributed by atoms with Crippen LogP contribution in [0.2, 0.25) is 0 Å². The zero-order chi connectivity index (χ0) is 12.7. The normalized spacial score (nSPS) is 21.6. The molecule has 0 amide bonds. The molecule has 0 unspecified atom stereocenters. The molecule has 2 heteroatoms. The minimum absolute atomic E-state index is 0.375. The van der Waals surface area contributed by atoms with E-state index in [0.717, 1.165) is 0 Å². The van der Waals surface area contributed by atoms with E-state index >= 15 is 0 Å². The third-order valence-corrected chi connectivity index (χ3v) is 0.723. The van der Waals surface area contributed by atoms with Gasteiger partial charge in [-0.15, -0.1) is 0 Å². The van der Waals surface area contributed by atoms with Gasteiger partial charge in [0.25, 0.3) is 0 Å². The number of nitrogen functional groups attached to an aromatic ring is 1. The summed E-state index contributed by atoms with van der Waals surface area (Å²) in [5, 5.41) is 0. The molecular formula is C7H9NO. The van der Waals surface area contributed by atoms with Crippen LogP contribution in [-0.2, 0) is 0 Å². The highest BCUT2D eigenvalue weighted by Gasteiger charge is 1.87. The van der Waals surface area contributed by atoms with Crippen molar-refractivity contribution in [3.8, 4) is 5.75 Å². The van der Waals surface area contributed by atoms with Crippen molar-refractivity contribution in [3.63, 3.8) is 0 Å². The number of anilines is 1. The molecule has 0 aliphatic heterocycles. The van der Waals surface area contributed by atoms with Gasteiger partial charge in [0.1, 0.15) is 5.75 Å². The maximum Gasteiger partial charge on any atom is 0.120 e. The summed E-state index contributed by atoms with van der Waals surface area (Å²) >= 11 is 0. The van der Waals surface area contributed by atoms with Crippen LogP contribution >= 0.6 is 0 Å². The molecule has 0 aliphatic rings. The van der Waals surface area contributed by atoms with Crippen LogP contribution in [-0.4, -0.2) is 7.04 Å². The van der Waals surface area contributed by atoms with Gasteiger partial charge >= 0.3 is 0 Å². The van der Waals surface area contributed by atoms with Crippen LogP contribution in [0.5, 0.6) is 5.75 Å². The molecule has 1 aromatic rings. The number of hydrogen-bond acceptors (Lipinski definition) is 2. The van der Waals surface area contributed by atoms with Gasteiger partial charge in [-0.1, -0.05) is 6.04 Å². The second-order valence-electron chi connectivity index (χ2n) is 1.34. The van der Waals surface area contributed by atoms with Gasteiger partial charge < -0.3 is 10.5 Å². The van der Waals surface area contributed by atoms with E-state index in [2.05, 4.69) is 4.74 Å². The third-order valence-electron chi connectivity index (χ3n) is 0.723. The molecule has 0 heterocycles. The molecule has 0 aromatic heterocycles. The van der Waals surface area contributed by atoms with Crippen LogP contribution in [0.15, 0.2) is 24.2 Å². The SMILES string of the molecule is [2H]c1c([2H])c(N)c([2H])c(OC([2H])([2H])[2H])c1[2H]. The van der Waals surface area contributed by atoms with Crippen LogP contribution in [0.1, 0.15) is 9.60 Å². The number of ether oxygens (including phenoxy) is 1. The van der Waals surface area contributed by atoms with Crippen molar-refractivity contribution < 1.29 is 14.3 Å². The lowest BCUT2D eigenvalue weighted by Gasteiger charge is -1.97. The minimum atomic E-state index is -2.83. The smallest absolute Gasteiger partial charge is 0.120 e. The Morgan fingerprint density at radius 3 is 3.44 bits per heavy atom. The van der Waals surface area contributed by atoms with Crippen molar-refractivity contribution in [1.29, 1.82) is 0 Å². The lowest BCUT2D eigenvalue weighted by molar-refractivity contribution is 0.415. The number of methoxy groups -OCH3 is 1. The summed E-state index contributed by atoms with van der Waals surface area (Å²) in [7, 11) is -2.83. The summed E-state index contributed by atoms with van der Waals surface area (Å²) in [5.41, 5.74) is 4.95. The van der Waals surface area contributed by atoms with Crippen LogP contribution in [0.4, 0.5) is 5.69 Å². The topological polar surface area (TPSA) is 35.2 Å². The van der Waals surface area contributed by atoms with Gasteiger partial charge in [-0.25, -0.2) is 0 Å². The second-order valence-corrected chi connectivity index (χ2v) is 1.34. The fraction of sp³-hybridized carbons (Fsp3) is 0.143. The average molecular weight is 130 g/mol. The summed E-state index contributed by atoms with van der Waals surface area (Å²) < 4.78 is 54.4. The van der Waals surface area contributed by atoms with Crippen LogP contribution in [0.3, 0.4) is 0 Å². The third kappa shape index (κ3) is 1.35. The van der Waals surface area contributed by atoms with Gasteiger partial charge in [-0.05, 0) is 12.1 Å². The maximum atomic E-state index is 7.43. The Morgan fingerprint density at radius 1 is 1.78 bits per heavy atom. The van der Waals surface area contributed by atoms with E-state index in [9.17, 15) is 0 Å². The molecule has 0 fully saturated rings. The van der Waals surface area contributed by atoms with E-state index in [0.29, 0.717) is 0 Å². The molecular weight excluding hydrogens is 114 g/mol. The minimum Gasteiger partial charge on any atom is -0.497 e. The van der Waals surface area contributed by atoms with E-state index in [1.807, 2.05) is 0 Å². The zero-order valence-electron chi connectivity index (χ0n) is 11.5. The lowest BCUT2D eigenvalue weighted by Crippen LogP contribution is -1.86. The van der Waals surface area contributed by atoms with Crippen LogP contribution < -0.4 is 10.5 Å². The van der Waals surface area contributed by atoms with Crippen molar-refractivity contribution in [1.82, 2.24) is 0 Å². The molecule has 1 rings (SSSR count). The first-order valence-electron chi connectivity index (χ1n) is 5.70. The Labute approximate surface area is 64.1 Å². The number of hydrogen-bond donors (Lipinski definition) is 1. The van der Waals surface area contributed by atoms with Crippen LogP contribution in [0, 0.1) is 0 Å². The Bertz CT molecular complexity index is 399. The Kier molecular flexibility index (Phi) is 0.441. The lowest BCUT2D eigenvalue weighted by atomic mass is 10.3. The molecule has 1 aromatic carbocycles. The van der Waals surface area contributed by atoms with E-state index in [1.165, 1.54) is 0 Å². The molecule has 0 saturated heterocycles. The Hall–Kier alpha value is -1.18. The highest BCUT2D eigenvalue weighted by atomic mass is 16.5. The van der Waals surface area contributed by atoms with Gasteiger partial charge in [0, 0.05) is 11.7 Å². The molecule has 0 bridgehead atoms. The van der Waals surface area contributed by atoms with Crippen molar-refractivity contribution >= 4 is 5.69 Å². The first kappa shape index (κ1) is 1.66. The molecule has 0 atom stereocenters. The fourth-order valence-electron chi connectivity index (χ4n) is 0.391. The van der Waals surface area contributed by atoms with E-state index in [1.54, 1.807) is 0 Å². The molecule has 0 radical (unpaired) electrons. The van der Waals surface area contributed by atoms with E-state index < -0.39 is 37.0 Å². The summed E-state index contributed by atoms with van der Waals surface area (Å²) in [4.78, 5) is 0. The molecule has 0 spiro atoms. The maximum absolute atomic E-state index is 7.43. The predicted molar refractivity (Wildman–Crippen MR) is 37.4 cm³/mol. The largest absolute Gasteiger partial charge is 0.497 e. The van der Waals surface area contributed by atoms with Gasteiger partial charge in [-0.2, -0.15) is 0 Å². The second kappa shape index (κ2) is 2.40. The summed E-state index contributed by atoms with van der Waals surface area (Å²) in [5.74, 6) is -0.599. The highest BCUT2D eigenvalue weighted by molar-refractivity contribution is 5.43. The number of rotatable bonds is 1. The number of benzene rings is 1. The molecule has 9 heavy (non-hydrogen) atoms. The van der Waals surface area contributed by atoms with Crippen molar-refractivity contribution in [2.45, 2.75) is 0 Å². The van der Waals surface area contributed by atoms with Gasteiger partial charge in [0.05, 0.1) is 16.6 Å². The van der Waals surface area contributed by atoms with Crippen molar-refractivity contribution in [2.24, 2.45) is 0 Å². The Morgan fingerprint density at radius 2 is 2.67 bits per heavy atom. The highest BCUT2D eigenvalue weighted by Crippen LogP contribution is 2.12. The molecule has 2 N–H and O–H groups in total. The van der Waals surface area contributed by atoms with Gasteiger partial charge in [-0.3, -0.25) is 0 Å². The molecule has 48 valence electrons. The summed E-state index contributed by atoms with van der Waals surface area (Å²) in [6, 6.07) is -2.22.